The second-order valence-corrected chi connectivity index (χ2v) is 2.83. The van der Waals surface area contributed by atoms with Crippen LogP contribution < -0.4 is 11.3 Å². The fraction of sp³-hybridized carbons (Fsp3) is 0.571. The van der Waals surface area contributed by atoms with Crippen LogP contribution in [0, 0.1) is 0 Å². The predicted octanol–water partition coefficient (Wildman–Crippen LogP) is -0.391. The molecule has 0 spiro atoms. The highest BCUT2D eigenvalue weighted by Gasteiger charge is 2.07. The van der Waals surface area contributed by atoms with Crippen molar-refractivity contribution in [2.75, 3.05) is 0 Å². The molecule has 1 heterocycles. The largest absolute Gasteiger partial charge is 0.294 e. The lowest BCUT2D eigenvalue weighted by Crippen LogP contribution is -2.30. The molecule has 13 heavy (non-hydrogen) atoms. The first-order valence-corrected chi connectivity index (χ1v) is 4.07. The van der Waals surface area contributed by atoms with Crippen molar-refractivity contribution in [3.05, 3.63) is 12.7 Å². The SMILES string of the molecule is CC(CCC(=O)NN)n1cncn1. The zero-order chi connectivity index (χ0) is 9.68. The van der Waals surface area contributed by atoms with Gasteiger partial charge in [0.1, 0.15) is 12.7 Å². The Morgan fingerprint density at radius 1 is 1.77 bits per heavy atom. The van der Waals surface area contributed by atoms with Crippen molar-refractivity contribution in [1.82, 2.24) is 20.2 Å². The molecule has 1 aromatic rings. The maximum atomic E-state index is 10.8. The summed E-state index contributed by atoms with van der Waals surface area (Å²) in [6, 6.07) is 0.166. The van der Waals surface area contributed by atoms with Crippen LogP contribution in [0.5, 0.6) is 0 Å². The van der Waals surface area contributed by atoms with Gasteiger partial charge in [-0.05, 0) is 13.3 Å². The third kappa shape index (κ3) is 2.83. The molecule has 0 aromatic carbocycles. The second kappa shape index (κ2) is 4.56. The van der Waals surface area contributed by atoms with E-state index in [4.69, 9.17) is 5.84 Å². The lowest BCUT2D eigenvalue weighted by atomic mass is 10.2. The molecule has 6 nitrogen and oxygen atoms in total. The van der Waals surface area contributed by atoms with Gasteiger partial charge in [0.05, 0.1) is 6.04 Å². The Balaban J connectivity index is 2.34. The van der Waals surface area contributed by atoms with E-state index in [1.807, 2.05) is 6.92 Å². The number of carbonyl (C=O) groups is 1. The van der Waals surface area contributed by atoms with Gasteiger partial charge in [-0.15, -0.1) is 0 Å². The number of carbonyl (C=O) groups excluding carboxylic acids is 1. The molecule has 0 radical (unpaired) electrons. The van der Waals surface area contributed by atoms with E-state index in [2.05, 4.69) is 15.5 Å². The van der Waals surface area contributed by atoms with Crippen molar-refractivity contribution >= 4 is 5.91 Å². The van der Waals surface area contributed by atoms with Crippen LogP contribution in [-0.4, -0.2) is 20.7 Å². The highest BCUT2D eigenvalue weighted by molar-refractivity contribution is 5.75. The number of amides is 1. The average Bonchev–Trinajstić information content (AvgIpc) is 2.66. The maximum Gasteiger partial charge on any atom is 0.233 e. The Bertz CT molecular complexity index is 258. The molecule has 0 saturated heterocycles. The van der Waals surface area contributed by atoms with Gasteiger partial charge in [0, 0.05) is 6.42 Å². The fourth-order valence-corrected chi connectivity index (χ4v) is 0.989. The van der Waals surface area contributed by atoms with Gasteiger partial charge < -0.3 is 0 Å². The zero-order valence-electron chi connectivity index (χ0n) is 7.47. The normalized spacial score (nSPS) is 12.5. The van der Waals surface area contributed by atoms with Gasteiger partial charge in [-0.25, -0.2) is 10.8 Å². The molecule has 3 N–H and O–H groups in total. The van der Waals surface area contributed by atoms with Crippen LogP contribution in [0.4, 0.5) is 0 Å². The molecule has 72 valence electrons. The second-order valence-electron chi connectivity index (χ2n) is 2.83. The van der Waals surface area contributed by atoms with Crippen molar-refractivity contribution in [2.45, 2.75) is 25.8 Å². The van der Waals surface area contributed by atoms with Crippen molar-refractivity contribution in [1.29, 1.82) is 0 Å². The van der Waals surface area contributed by atoms with Crippen LogP contribution in [0.3, 0.4) is 0 Å². The van der Waals surface area contributed by atoms with Crippen molar-refractivity contribution in [3.63, 3.8) is 0 Å². The molecule has 0 aliphatic rings. The van der Waals surface area contributed by atoms with E-state index in [1.54, 1.807) is 11.0 Å². The zero-order valence-corrected chi connectivity index (χ0v) is 7.47. The van der Waals surface area contributed by atoms with Crippen LogP contribution >= 0.6 is 0 Å². The third-order valence-corrected chi connectivity index (χ3v) is 1.84. The Morgan fingerprint density at radius 3 is 3.08 bits per heavy atom. The van der Waals surface area contributed by atoms with E-state index in [-0.39, 0.29) is 11.9 Å². The Kier molecular flexibility index (Phi) is 3.39. The predicted molar refractivity (Wildman–Crippen MR) is 46.3 cm³/mol. The molecule has 0 aliphatic carbocycles. The van der Waals surface area contributed by atoms with Crippen LogP contribution in [-0.2, 0) is 4.79 Å². The number of nitrogens with zero attached hydrogens (tertiary/aromatic N) is 3. The number of hydrogen-bond donors (Lipinski definition) is 2. The van der Waals surface area contributed by atoms with Gasteiger partial charge in [-0.1, -0.05) is 0 Å². The van der Waals surface area contributed by atoms with Crippen molar-refractivity contribution in [2.24, 2.45) is 5.84 Å². The lowest BCUT2D eigenvalue weighted by molar-refractivity contribution is -0.121. The number of rotatable bonds is 4. The first-order valence-electron chi connectivity index (χ1n) is 4.07. The molecule has 1 amide bonds. The van der Waals surface area contributed by atoms with Gasteiger partial charge >= 0.3 is 0 Å². The van der Waals surface area contributed by atoms with Gasteiger partial charge in [0.2, 0.25) is 5.91 Å². The molecular weight excluding hydrogens is 170 g/mol. The molecule has 0 fully saturated rings. The number of hydrogen-bond acceptors (Lipinski definition) is 4. The Hall–Kier alpha value is -1.43. The van der Waals surface area contributed by atoms with Gasteiger partial charge in [0.25, 0.3) is 0 Å². The Labute approximate surface area is 76.1 Å². The molecule has 0 bridgehead atoms. The van der Waals surface area contributed by atoms with Crippen LogP contribution in [0.1, 0.15) is 25.8 Å². The molecule has 0 aliphatic heterocycles. The smallest absolute Gasteiger partial charge is 0.233 e. The minimum atomic E-state index is -0.160. The van der Waals surface area contributed by atoms with E-state index in [0.717, 1.165) is 0 Å². The first-order chi connectivity index (χ1) is 6.24. The van der Waals surface area contributed by atoms with E-state index >= 15 is 0 Å². The van der Waals surface area contributed by atoms with Crippen LogP contribution in [0.2, 0.25) is 0 Å². The summed E-state index contributed by atoms with van der Waals surface area (Å²) in [5, 5.41) is 3.96. The Morgan fingerprint density at radius 2 is 2.54 bits per heavy atom. The average molecular weight is 183 g/mol. The van der Waals surface area contributed by atoms with E-state index < -0.39 is 0 Å². The monoisotopic (exact) mass is 183 g/mol. The first kappa shape index (κ1) is 9.66. The van der Waals surface area contributed by atoms with Gasteiger partial charge in [0.15, 0.2) is 0 Å². The summed E-state index contributed by atoms with van der Waals surface area (Å²) in [5.41, 5.74) is 2.08. The minimum absolute atomic E-state index is 0.160. The van der Waals surface area contributed by atoms with Gasteiger partial charge in [-0.2, -0.15) is 5.10 Å². The summed E-state index contributed by atoms with van der Waals surface area (Å²) in [6.45, 7) is 1.97. The van der Waals surface area contributed by atoms with Crippen LogP contribution in [0.25, 0.3) is 0 Å². The fourth-order valence-electron chi connectivity index (χ4n) is 0.989. The van der Waals surface area contributed by atoms with Gasteiger partial charge in [-0.3, -0.25) is 14.9 Å². The number of aromatic nitrogens is 3. The summed E-state index contributed by atoms with van der Waals surface area (Å²) in [7, 11) is 0. The number of hydrazine groups is 1. The number of nitrogens with two attached hydrogens (primary N) is 1. The number of nitrogens with one attached hydrogen (secondary N) is 1. The molecule has 1 aromatic heterocycles. The molecular formula is C7H13N5O. The topological polar surface area (TPSA) is 85.8 Å². The molecule has 1 atom stereocenters. The maximum absolute atomic E-state index is 10.8. The van der Waals surface area contributed by atoms with Crippen molar-refractivity contribution in [3.8, 4) is 0 Å². The highest BCUT2D eigenvalue weighted by Crippen LogP contribution is 2.09. The molecule has 0 saturated carbocycles. The van der Waals surface area contributed by atoms with Crippen LogP contribution in [0.15, 0.2) is 12.7 Å². The standard InChI is InChI=1S/C7H13N5O/c1-6(2-3-7(13)11-8)12-5-9-4-10-12/h4-6H,2-3,8H2,1H3,(H,11,13). The highest BCUT2D eigenvalue weighted by atomic mass is 16.2. The van der Waals surface area contributed by atoms with E-state index in [0.29, 0.717) is 12.8 Å². The van der Waals surface area contributed by atoms with Crippen molar-refractivity contribution < 1.29 is 4.79 Å². The summed E-state index contributed by atoms with van der Waals surface area (Å²) in [5.74, 6) is 4.78. The van der Waals surface area contributed by atoms with E-state index in [1.165, 1.54) is 6.33 Å². The lowest BCUT2D eigenvalue weighted by Gasteiger charge is -2.09. The third-order valence-electron chi connectivity index (χ3n) is 1.84. The molecule has 6 heteroatoms. The minimum Gasteiger partial charge on any atom is -0.294 e. The quantitative estimate of drug-likeness (QED) is 0.378. The molecule has 1 unspecified atom stereocenters. The summed E-state index contributed by atoms with van der Waals surface area (Å²) in [4.78, 5) is 14.6. The van der Waals surface area contributed by atoms with E-state index in [9.17, 15) is 4.79 Å². The molecule has 1 rings (SSSR count). The summed E-state index contributed by atoms with van der Waals surface area (Å²) < 4.78 is 1.71. The summed E-state index contributed by atoms with van der Waals surface area (Å²) >= 11 is 0. The summed E-state index contributed by atoms with van der Waals surface area (Å²) in [6.07, 6.45) is 4.20.